The molecule has 3 aromatic rings. The fourth-order valence-corrected chi connectivity index (χ4v) is 2.80. The van der Waals surface area contributed by atoms with Gasteiger partial charge in [-0.15, -0.1) is 0 Å². The average Bonchev–Trinajstić information content (AvgIpc) is 2.57. The summed E-state index contributed by atoms with van der Waals surface area (Å²) in [5, 5.41) is 18.1. The third-order valence-electron chi connectivity index (χ3n) is 3.52. The molecule has 7 nitrogen and oxygen atoms in total. The maximum atomic E-state index is 11.3. The number of primary sulfonamides is 1. The molecule has 0 spiro atoms. The van der Waals surface area contributed by atoms with Gasteiger partial charge in [-0.2, -0.15) is 0 Å². The maximum Gasteiger partial charge on any atom is 0.238 e. The van der Waals surface area contributed by atoms with Gasteiger partial charge in [-0.3, -0.25) is 0 Å². The second-order valence-corrected chi connectivity index (χ2v) is 7.04. The highest BCUT2D eigenvalue weighted by molar-refractivity contribution is 7.89. The van der Waals surface area contributed by atoms with Crippen LogP contribution in [0.1, 0.15) is 5.56 Å². The average molecular weight is 356 g/mol. The zero-order valence-electron chi connectivity index (χ0n) is 13.3. The number of nitrogens with zero attached hydrogens (tertiary/aromatic N) is 2. The summed E-state index contributed by atoms with van der Waals surface area (Å²) in [6.45, 7) is 1.93. The van der Waals surface area contributed by atoms with Gasteiger partial charge in [-0.05, 0) is 49.4 Å². The molecule has 0 aliphatic rings. The molecule has 0 bridgehead atoms. The molecule has 0 amide bonds. The van der Waals surface area contributed by atoms with E-state index in [1.54, 1.807) is 30.5 Å². The molecule has 0 saturated carbocycles. The van der Waals surface area contributed by atoms with Gasteiger partial charge in [-0.25, -0.2) is 23.5 Å². The normalized spacial score (nSPS) is 11.3. The predicted molar refractivity (Wildman–Crippen MR) is 95.0 cm³/mol. The van der Waals surface area contributed by atoms with E-state index < -0.39 is 10.0 Å². The molecule has 4 N–H and O–H groups in total. The Balaban J connectivity index is 1.88. The lowest BCUT2D eigenvalue weighted by atomic mass is 10.1. The summed E-state index contributed by atoms with van der Waals surface area (Å²) in [7, 11) is -3.73. The number of aromatic nitrogens is 2. The van der Waals surface area contributed by atoms with Crippen molar-refractivity contribution in [2.24, 2.45) is 5.14 Å². The number of hydrogen-bond donors (Lipinski definition) is 3. The smallest absolute Gasteiger partial charge is 0.238 e. The summed E-state index contributed by atoms with van der Waals surface area (Å²) in [6.07, 6.45) is 1.57. The summed E-state index contributed by atoms with van der Waals surface area (Å²) in [6, 6.07) is 12.9. The van der Waals surface area contributed by atoms with Gasteiger partial charge in [0.05, 0.1) is 10.6 Å². The van der Waals surface area contributed by atoms with Crippen LogP contribution in [0.3, 0.4) is 0 Å². The van der Waals surface area contributed by atoms with Gasteiger partial charge in [0.2, 0.25) is 16.0 Å². The molecule has 0 saturated heterocycles. The number of phenols is 1. The lowest BCUT2D eigenvalue weighted by Gasteiger charge is -2.09. The van der Waals surface area contributed by atoms with Crippen LogP contribution in [0.2, 0.25) is 0 Å². The van der Waals surface area contributed by atoms with E-state index in [-0.39, 0.29) is 10.6 Å². The summed E-state index contributed by atoms with van der Waals surface area (Å²) < 4.78 is 22.5. The second kappa shape index (κ2) is 6.50. The third kappa shape index (κ3) is 3.93. The first-order valence-electron chi connectivity index (χ1n) is 7.36. The van der Waals surface area contributed by atoms with Crippen molar-refractivity contribution in [3.05, 3.63) is 60.3 Å². The molecule has 0 fully saturated rings. The van der Waals surface area contributed by atoms with Crippen molar-refractivity contribution in [1.29, 1.82) is 0 Å². The Labute approximate surface area is 145 Å². The van der Waals surface area contributed by atoms with Crippen molar-refractivity contribution < 1.29 is 13.5 Å². The van der Waals surface area contributed by atoms with Gasteiger partial charge in [0, 0.05) is 17.4 Å². The summed E-state index contributed by atoms with van der Waals surface area (Å²) >= 11 is 0. The van der Waals surface area contributed by atoms with E-state index in [0.29, 0.717) is 22.9 Å². The molecule has 0 aliphatic carbocycles. The van der Waals surface area contributed by atoms with Gasteiger partial charge in [0.15, 0.2) is 0 Å². The van der Waals surface area contributed by atoms with Crippen molar-refractivity contribution in [2.75, 3.05) is 5.32 Å². The Morgan fingerprint density at radius 3 is 2.48 bits per heavy atom. The SMILES string of the molecule is Cc1ccc(O)c(-c2ccnc(Nc3ccc(S(N)(=O)=O)cc3)n2)c1. The Morgan fingerprint density at radius 1 is 1.08 bits per heavy atom. The molecular formula is C17H16N4O3S. The highest BCUT2D eigenvalue weighted by atomic mass is 32.2. The van der Waals surface area contributed by atoms with Crippen LogP contribution in [0.15, 0.2) is 59.6 Å². The number of hydrogen-bond acceptors (Lipinski definition) is 6. The molecule has 0 unspecified atom stereocenters. The van der Waals surface area contributed by atoms with E-state index in [9.17, 15) is 13.5 Å². The largest absolute Gasteiger partial charge is 0.507 e. The first-order valence-corrected chi connectivity index (χ1v) is 8.90. The first kappa shape index (κ1) is 16.9. The Bertz CT molecular complexity index is 1020. The van der Waals surface area contributed by atoms with Crippen LogP contribution >= 0.6 is 0 Å². The van der Waals surface area contributed by atoms with Gasteiger partial charge in [-0.1, -0.05) is 11.6 Å². The van der Waals surface area contributed by atoms with Gasteiger partial charge in [0.1, 0.15) is 5.75 Å². The number of nitrogens with two attached hydrogens (primary N) is 1. The van der Waals surface area contributed by atoms with Crippen molar-refractivity contribution in [1.82, 2.24) is 9.97 Å². The van der Waals surface area contributed by atoms with E-state index >= 15 is 0 Å². The number of rotatable bonds is 4. The van der Waals surface area contributed by atoms with E-state index in [1.165, 1.54) is 12.1 Å². The monoisotopic (exact) mass is 356 g/mol. The fourth-order valence-electron chi connectivity index (χ4n) is 2.28. The molecule has 1 aromatic heterocycles. The number of benzene rings is 2. The molecule has 128 valence electrons. The van der Waals surface area contributed by atoms with Crippen LogP contribution in [-0.4, -0.2) is 23.5 Å². The molecule has 0 aliphatic heterocycles. The molecular weight excluding hydrogens is 340 g/mol. The van der Waals surface area contributed by atoms with Crippen LogP contribution in [0, 0.1) is 6.92 Å². The molecule has 25 heavy (non-hydrogen) atoms. The minimum Gasteiger partial charge on any atom is -0.507 e. The predicted octanol–water partition coefficient (Wildman–Crippen LogP) is 2.55. The van der Waals surface area contributed by atoms with Crippen LogP contribution in [0.4, 0.5) is 11.6 Å². The summed E-state index contributed by atoms with van der Waals surface area (Å²) in [5.41, 5.74) is 2.78. The standard InChI is InChI=1S/C17H16N4O3S/c1-11-2-7-16(22)14(10-11)15-8-9-19-17(21-15)20-12-3-5-13(6-4-12)25(18,23)24/h2-10,22H,1H3,(H2,18,23,24)(H,19,20,21). The van der Waals surface area contributed by atoms with E-state index in [1.807, 2.05) is 19.1 Å². The molecule has 3 rings (SSSR count). The quantitative estimate of drug-likeness (QED) is 0.661. The zero-order valence-corrected chi connectivity index (χ0v) is 14.2. The highest BCUT2D eigenvalue weighted by Gasteiger charge is 2.09. The van der Waals surface area contributed by atoms with Crippen molar-refractivity contribution in [2.45, 2.75) is 11.8 Å². The van der Waals surface area contributed by atoms with Gasteiger partial charge < -0.3 is 10.4 Å². The number of anilines is 2. The summed E-state index contributed by atoms with van der Waals surface area (Å²) in [4.78, 5) is 8.55. The Hall–Kier alpha value is -2.97. The fraction of sp³-hybridized carbons (Fsp3) is 0.0588. The molecule has 2 aromatic carbocycles. The highest BCUT2D eigenvalue weighted by Crippen LogP contribution is 2.29. The van der Waals surface area contributed by atoms with Crippen LogP contribution in [0.5, 0.6) is 5.75 Å². The second-order valence-electron chi connectivity index (χ2n) is 5.48. The number of sulfonamides is 1. The van der Waals surface area contributed by atoms with Crippen LogP contribution < -0.4 is 10.5 Å². The van der Waals surface area contributed by atoms with Gasteiger partial charge >= 0.3 is 0 Å². The first-order chi connectivity index (χ1) is 11.8. The lowest BCUT2D eigenvalue weighted by Crippen LogP contribution is -2.11. The van der Waals surface area contributed by atoms with E-state index in [4.69, 9.17) is 5.14 Å². The van der Waals surface area contributed by atoms with Crippen LogP contribution in [0.25, 0.3) is 11.3 Å². The third-order valence-corrected chi connectivity index (χ3v) is 4.45. The molecule has 0 atom stereocenters. The summed E-state index contributed by atoms with van der Waals surface area (Å²) in [5.74, 6) is 0.453. The Kier molecular flexibility index (Phi) is 4.39. The van der Waals surface area contributed by atoms with Crippen molar-refractivity contribution in [3.8, 4) is 17.0 Å². The Morgan fingerprint density at radius 2 is 1.80 bits per heavy atom. The number of aromatic hydroxyl groups is 1. The number of aryl methyl sites for hydroxylation is 1. The maximum absolute atomic E-state index is 11.3. The molecule has 8 heteroatoms. The molecule has 1 heterocycles. The lowest BCUT2D eigenvalue weighted by molar-refractivity contribution is 0.477. The minimum atomic E-state index is -3.73. The topological polar surface area (TPSA) is 118 Å². The van der Waals surface area contributed by atoms with E-state index in [2.05, 4.69) is 15.3 Å². The van der Waals surface area contributed by atoms with Gasteiger partial charge in [0.25, 0.3) is 0 Å². The van der Waals surface area contributed by atoms with Crippen LogP contribution in [-0.2, 0) is 10.0 Å². The van der Waals surface area contributed by atoms with Crippen molar-refractivity contribution >= 4 is 21.7 Å². The molecule has 0 radical (unpaired) electrons. The number of nitrogens with one attached hydrogen (secondary N) is 1. The zero-order chi connectivity index (χ0) is 18.0. The number of phenolic OH excluding ortho intramolecular Hbond substituents is 1. The minimum absolute atomic E-state index is 0.0254. The van der Waals surface area contributed by atoms with E-state index in [0.717, 1.165) is 5.56 Å². The van der Waals surface area contributed by atoms with Crippen molar-refractivity contribution in [3.63, 3.8) is 0 Å².